The van der Waals surface area contributed by atoms with Crippen LogP contribution < -0.4 is 16.6 Å². The highest BCUT2D eigenvalue weighted by atomic mass is 79.9. The third-order valence-electron chi connectivity index (χ3n) is 2.52. The first kappa shape index (κ1) is 14.0. The van der Waals surface area contributed by atoms with Crippen molar-refractivity contribution in [3.63, 3.8) is 0 Å². The van der Waals surface area contributed by atoms with Crippen LogP contribution in [0.5, 0.6) is 0 Å². The molecule has 0 radical (unpaired) electrons. The summed E-state index contributed by atoms with van der Waals surface area (Å²) in [6.07, 6.45) is 1.40. The van der Waals surface area contributed by atoms with Crippen LogP contribution in [0.15, 0.2) is 41.0 Å². The van der Waals surface area contributed by atoms with Crippen molar-refractivity contribution in [2.75, 3.05) is 10.7 Å². The normalized spacial score (nSPS) is 9.65. The molecule has 4 N–H and O–H groups in total. The van der Waals surface area contributed by atoms with Crippen LogP contribution in [0.1, 0.15) is 15.9 Å². The molecule has 0 aliphatic heterocycles. The van der Waals surface area contributed by atoms with Crippen LogP contribution >= 0.6 is 15.9 Å². The van der Waals surface area contributed by atoms with Gasteiger partial charge in [0.2, 0.25) is 0 Å². The Morgan fingerprint density at radius 3 is 2.75 bits per heavy atom. The predicted octanol–water partition coefficient (Wildman–Crippen LogP) is 2.25. The number of halogens is 1. The molecule has 6 nitrogen and oxygen atoms in total. The average Bonchev–Trinajstić information content (AvgIpc) is 2.47. The van der Waals surface area contributed by atoms with E-state index in [-0.39, 0.29) is 5.91 Å². The van der Waals surface area contributed by atoms with Gasteiger partial charge in [-0.3, -0.25) is 4.79 Å². The molecule has 1 amide bonds. The molecule has 0 aliphatic carbocycles. The number of benzene rings is 1. The molecule has 1 heterocycles. The summed E-state index contributed by atoms with van der Waals surface area (Å²) in [5.41, 5.74) is 3.57. The average molecular weight is 332 g/mol. The monoisotopic (exact) mass is 331 g/mol. The number of pyridine rings is 1. The first-order valence-electron chi connectivity index (χ1n) is 5.57. The Morgan fingerprint density at radius 1 is 1.35 bits per heavy atom. The number of nitrogens with two attached hydrogens (primary N) is 1. The molecule has 0 saturated heterocycles. The fourth-order valence-electron chi connectivity index (χ4n) is 1.53. The van der Waals surface area contributed by atoms with Crippen LogP contribution in [-0.4, -0.2) is 10.9 Å². The van der Waals surface area contributed by atoms with Gasteiger partial charge >= 0.3 is 0 Å². The van der Waals surface area contributed by atoms with Gasteiger partial charge in [0, 0.05) is 10.7 Å². The number of amides is 1. The van der Waals surface area contributed by atoms with Crippen molar-refractivity contribution in [2.45, 2.75) is 0 Å². The Balaban J connectivity index is 2.23. The summed E-state index contributed by atoms with van der Waals surface area (Å²) in [4.78, 5) is 16.0. The molecule has 0 bridgehead atoms. The molecule has 0 atom stereocenters. The maximum absolute atomic E-state index is 12.1. The molecule has 100 valence electrons. The molecule has 7 heteroatoms. The fourth-order valence-corrected chi connectivity index (χ4v) is 1.89. The first-order chi connectivity index (χ1) is 9.63. The Kier molecular flexibility index (Phi) is 4.30. The van der Waals surface area contributed by atoms with Gasteiger partial charge in [-0.2, -0.15) is 5.26 Å². The van der Waals surface area contributed by atoms with Crippen molar-refractivity contribution in [3.05, 3.63) is 52.1 Å². The summed E-state index contributed by atoms with van der Waals surface area (Å²) < 4.78 is 0.771. The van der Waals surface area contributed by atoms with E-state index in [4.69, 9.17) is 11.1 Å². The van der Waals surface area contributed by atoms with E-state index in [1.165, 1.54) is 6.20 Å². The molecular formula is C13H10BrN5O. The van der Waals surface area contributed by atoms with E-state index in [9.17, 15) is 4.79 Å². The van der Waals surface area contributed by atoms with Crippen molar-refractivity contribution in [3.8, 4) is 6.07 Å². The van der Waals surface area contributed by atoms with E-state index < -0.39 is 0 Å². The highest BCUT2D eigenvalue weighted by Crippen LogP contribution is 2.21. The van der Waals surface area contributed by atoms with Crippen LogP contribution in [0, 0.1) is 11.3 Å². The molecule has 0 aliphatic rings. The predicted molar refractivity (Wildman–Crippen MR) is 78.9 cm³/mol. The lowest BCUT2D eigenvalue weighted by atomic mass is 10.2. The van der Waals surface area contributed by atoms with Crippen LogP contribution in [0.2, 0.25) is 0 Å². The highest BCUT2D eigenvalue weighted by molar-refractivity contribution is 9.10. The Bertz CT molecular complexity index is 678. The van der Waals surface area contributed by atoms with Crippen molar-refractivity contribution < 1.29 is 4.79 Å². The molecular weight excluding hydrogens is 322 g/mol. The summed E-state index contributed by atoms with van der Waals surface area (Å²) >= 11 is 3.30. The van der Waals surface area contributed by atoms with Crippen molar-refractivity contribution >= 4 is 33.3 Å². The summed E-state index contributed by atoms with van der Waals surface area (Å²) in [5.74, 6) is 5.31. The molecule has 1 aromatic carbocycles. The lowest BCUT2D eigenvalue weighted by Gasteiger charge is -2.08. The molecule has 0 unspecified atom stereocenters. The van der Waals surface area contributed by atoms with Gasteiger partial charge in [-0.05, 0) is 30.3 Å². The SMILES string of the molecule is N#Cc1ccc(Br)cc1NC(=O)c1ccc(NN)nc1. The number of anilines is 2. The van der Waals surface area contributed by atoms with E-state index in [1.807, 2.05) is 6.07 Å². The zero-order valence-corrected chi connectivity index (χ0v) is 11.8. The second-order valence-corrected chi connectivity index (χ2v) is 4.75. The van der Waals surface area contributed by atoms with Gasteiger partial charge in [0.05, 0.1) is 16.8 Å². The highest BCUT2D eigenvalue weighted by Gasteiger charge is 2.10. The smallest absolute Gasteiger partial charge is 0.257 e. The zero-order chi connectivity index (χ0) is 14.5. The number of carbonyl (C=O) groups excluding carboxylic acids is 1. The van der Waals surface area contributed by atoms with Gasteiger partial charge in [-0.25, -0.2) is 10.8 Å². The minimum absolute atomic E-state index is 0.351. The van der Waals surface area contributed by atoms with Crippen molar-refractivity contribution in [1.82, 2.24) is 4.98 Å². The quantitative estimate of drug-likeness (QED) is 0.591. The number of hydrazine groups is 1. The third-order valence-corrected chi connectivity index (χ3v) is 3.02. The van der Waals surface area contributed by atoms with E-state index in [1.54, 1.807) is 30.3 Å². The second kappa shape index (κ2) is 6.14. The number of hydrogen-bond acceptors (Lipinski definition) is 5. The van der Waals surface area contributed by atoms with Gasteiger partial charge in [-0.1, -0.05) is 15.9 Å². The van der Waals surface area contributed by atoms with Gasteiger partial charge in [0.1, 0.15) is 11.9 Å². The fraction of sp³-hybridized carbons (Fsp3) is 0. The van der Waals surface area contributed by atoms with Crippen LogP contribution in [0.4, 0.5) is 11.5 Å². The van der Waals surface area contributed by atoms with Gasteiger partial charge in [0.15, 0.2) is 0 Å². The van der Waals surface area contributed by atoms with E-state index in [0.717, 1.165) is 4.47 Å². The van der Waals surface area contributed by atoms with Gasteiger partial charge < -0.3 is 10.7 Å². The number of nitrogens with zero attached hydrogens (tertiary/aromatic N) is 2. The number of carbonyl (C=O) groups is 1. The molecule has 0 spiro atoms. The minimum atomic E-state index is -0.351. The topological polar surface area (TPSA) is 104 Å². The lowest BCUT2D eigenvalue weighted by Crippen LogP contribution is -2.14. The molecule has 2 rings (SSSR count). The standard InChI is InChI=1S/C13H10BrN5O/c14-10-3-1-8(6-15)11(5-10)18-13(20)9-2-4-12(19-16)17-7-9/h1-5,7H,16H2,(H,17,19)(H,18,20). The Morgan fingerprint density at radius 2 is 2.15 bits per heavy atom. The van der Waals surface area contributed by atoms with Gasteiger partial charge in [0.25, 0.3) is 5.91 Å². The number of rotatable bonds is 3. The van der Waals surface area contributed by atoms with E-state index >= 15 is 0 Å². The zero-order valence-electron chi connectivity index (χ0n) is 10.2. The molecule has 2 aromatic rings. The Labute approximate surface area is 123 Å². The van der Waals surface area contributed by atoms with Crippen molar-refractivity contribution in [1.29, 1.82) is 5.26 Å². The van der Waals surface area contributed by atoms with Gasteiger partial charge in [-0.15, -0.1) is 0 Å². The summed E-state index contributed by atoms with van der Waals surface area (Å²) in [5, 5.41) is 11.7. The maximum Gasteiger partial charge on any atom is 0.257 e. The molecule has 0 saturated carbocycles. The first-order valence-corrected chi connectivity index (χ1v) is 6.37. The van der Waals surface area contributed by atoms with E-state index in [0.29, 0.717) is 22.6 Å². The van der Waals surface area contributed by atoms with Crippen molar-refractivity contribution in [2.24, 2.45) is 5.84 Å². The number of aromatic nitrogens is 1. The minimum Gasteiger partial charge on any atom is -0.321 e. The molecule has 20 heavy (non-hydrogen) atoms. The third kappa shape index (κ3) is 3.12. The van der Waals surface area contributed by atoms with E-state index in [2.05, 4.69) is 31.7 Å². The summed E-state index contributed by atoms with van der Waals surface area (Å²) in [7, 11) is 0. The second-order valence-electron chi connectivity index (χ2n) is 3.83. The number of nitrogens with one attached hydrogen (secondary N) is 2. The maximum atomic E-state index is 12.1. The molecule has 1 aromatic heterocycles. The van der Waals surface area contributed by atoms with Crippen LogP contribution in [0.25, 0.3) is 0 Å². The summed E-state index contributed by atoms with van der Waals surface area (Å²) in [6.45, 7) is 0. The molecule has 0 fully saturated rings. The van der Waals surface area contributed by atoms with Crippen LogP contribution in [0.3, 0.4) is 0 Å². The number of nitriles is 1. The Hall–Kier alpha value is -2.43. The van der Waals surface area contributed by atoms with Crippen LogP contribution in [-0.2, 0) is 0 Å². The summed E-state index contributed by atoms with van der Waals surface area (Å²) in [6, 6.07) is 10.2. The number of nitrogen functional groups attached to an aromatic ring is 1. The largest absolute Gasteiger partial charge is 0.321 e. The number of hydrogen-bond donors (Lipinski definition) is 3. The lowest BCUT2D eigenvalue weighted by molar-refractivity contribution is 0.102.